The maximum absolute atomic E-state index is 10.0. The average molecular weight is 230 g/mol. The van der Waals surface area contributed by atoms with E-state index in [4.69, 9.17) is 4.74 Å². The molecule has 16 heavy (non-hydrogen) atoms. The maximum Gasteiger partial charge on any atom is 0.0826 e. The summed E-state index contributed by atoms with van der Waals surface area (Å²) >= 11 is 0. The molecule has 1 unspecified atom stereocenters. The Kier molecular flexibility index (Phi) is 4.35. The summed E-state index contributed by atoms with van der Waals surface area (Å²) in [6.07, 6.45) is 0.223. The second-order valence-electron chi connectivity index (χ2n) is 5.82. The van der Waals surface area contributed by atoms with E-state index in [0.717, 1.165) is 26.2 Å². The van der Waals surface area contributed by atoms with Crippen molar-refractivity contribution in [2.75, 3.05) is 33.3 Å². The van der Waals surface area contributed by atoms with Crippen molar-refractivity contribution >= 4 is 0 Å². The Bertz CT molecular complexity index is 224. The molecule has 1 aliphatic heterocycles. The fourth-order valence-corrected chi connectivity index (χ4v) is 1.58. The highest BCUT2D eigenvalue weighted by atomic mass is 16.5. The monoisotopic (exact) mass is 230 g/mol. The third-order valence-electron chi connectivity index (χ3n) is 3.64. The molecule has 0 aromatic heterocycles. The van der Waals surface area contributed by atoms with E-state index in [1.165, 1.54) is 0 Å². The summed E-state index contributed by atoms with van der Waals surface area (Å²) in [6.45, 7) is 11.2. The van der Waals surface area contributed by atoms with Crippen molar-refractivity contribution < 1.29 is 9.84 Å². The predicted octanol–water partition coefficient (Wildman–Crippen LogP) is 0.456. The van der Waals surface area contributed by atoms with Crippen molar-refractivity contribution in [3.8, 4) is 0 Å². The topological polar surface area (TPSA) is 44.7 Å². The molecule has 0 bridgehead atoms. The van der Waals surface area contributed by atoms with Crippen molar-refractivity contribution in [2.45, 2.75) is 44.9 Å². The van der Waals surface area contributed by atoms with Crippen LogP contribution in [0.1, 0.15) is 27.7 Å². The highest BCUT2D eigenvalue weighted by molar-refractivity contribution is 4.94. The highest BCUT2D eigenvalue weighted by Gasteiger charge is 2.35. The first-order chi connectivity index (χ1) is 7.22. The standard InChI is InChI=1S/C12H26N2O2/c1-11(2,12(3,4)15)13-8-10-9-14(5)6-7-16-10/h10,13,15H,6-9H2,1-5H3. The number of nitrogens with one attached hydrogen (secondary N) is 1. The molecule has 2 N–H and O–H groups in total. The second-order valence-corrected chi connectivity index (χ2v) is 5.82. The van der Waals surface area contributed by atoms with Gasteiger partial charge in [0.1, 0.15) is 0 Å². The number of hydrogen-bond acceptors (Lipinski definition) is 4. The van der Waals surface area contributed by atoms with Gasteiger partial charge in [0.15, 0.2) is 0 Å². The van der Waals surface area contributed by atoms with E-state index in [-0.39, 0.29) is 11.6 Å². The molecule has 0 aromatic carbocycles. The Morgan fingerprint density at radius 1 is 1.38 bits per heavy atom. The first kappa shape index (κ1) is 13.9. The number of ether oxygens (including phenoxy) is 1. The van der Waals surface area contributed by atoms with Crippen molar-refractivity contribution in [2.24, 2.45) is 0 Å². The molecule has 4 heteroatoms. The van der Waals surface area contributed by atoms with Crippen LogP contribution in [0, 0.1) is 0 Å². The van der Waals surface area contributed by atoms with Gasteiger partial charge in [-0.05, 0) is 34.7 Å². The number of likely N-dealkylation sites (N-methyl/N-ethyl adjacent to an activating group) is 1. The van der Waals surface area contributed by atoms with Crippen molar-refractivity contribution in [3.63, 3.8) is 0 Å². The van der Waals surface area contributed by atoms with Crippen molar-refractivity contribution in [1.29, 1.82) is 0 Å². The van der Waals surface area contributed by atoms with Crippen LogP contribution < -0.4 is 5.32 Å². The first-order valence-electron chi connectivity index (χ1n) is 6.00. The molecular formula is C12H26N2O2. The third kappa shape index (κ3) is 3.70. The van der Waals surface area contributed by atoms with Gasteiger partial charge in [-0.3, -0.25) is 0 Å². The molecule has 1 saturated heterocycles. The van der Waals surface area contributed by atoms with Gasteiger partial charge in [0.25, 0.3) is 0 Å². The fourth-order valence-electron chi connectivity index (χ4n) is 1.58. The predicted molar refractivity (Wildman–Crippen MR) is 65.6 cm³/mol. The Balaban J connectivity index is 2.39. The molecule has 0 radical (unpaired) electrons. The minimum Gasteiger partial charge on any atom is -0.389 e. The maximum atomic E-state index is 10.0. The Morgan fingerprint density at radius 2 is 2.00 bits per heavy atom. The lowest BCUT2D eigenvalue weighted by Gasteiger charge is -2.40. The van der Waals surface area contributed by atoms with E-state index in [9.17, 15) is 5.11 Å². The molecular weight excluding hydrogens is 204 g/mol. The Labute approximate surface area is 99.0 Å². The Hall–Kier alpha value is -0.160. The lowest BCUT2D eigenvalue weighted by atomic mass is 9.86. The normalized spacial score (nSPS) is 24.8. The summed E-state index contributed by atoms with van der Waals surface area (Å²) < 4.78 is 5.67. The van der Waals surface area contributed by atoms with Crippen LogP contribution in [-0.2, 0) is 4.74 Å². The van der Waals surface area contributed by atoms with E-state index >= 15 is 0 Å². The van der Waals surface area contributed by atoms with E-state index < -0.39 is 5.60 Å². The van der Waals surface area contributed by atoms with Crippen LogP contribution in [0.2, 0.25) is 0 Å². The summed E-state index contributed by atoms with van der Waals surface area (Å²) in [5, 5.41) is 13.4. The van der Waals surface area contributed by atoms with Gasteiger partial charge in [-0.2, -0.15) is 0 Å². The van der Waals surface area contributed by atoms with Gasteiger partial charge in [-0.15, -0.1) is 0 Å². The van der Waals surface area contributed by atoms with E-state index in [0.29, 0.717) is 0 Å². The van der Waals surface area contributed by atoms with E-state index in [1.807, 2.05) is 27.7 Å². The van der Waals surface area contributed by atoms with Gasteiger partial charge in [-0.25, -0.2) is 0 Å². The fraction of sp³-hybridized carbons (Fsp3) is 1.00. The van der Waals surface area contributed by atoms with E-state index in [2.05, 4.69) is 17.3 Å². The van der Waals surface area contributed by atoms with E-state index in [1.54, 1.807) is 0 Å². The summed E-state index contributed by atoms with van der Waals surface area (Å²) in [7, 11) is 2.11. The van der Waals surface area contributed by atoms with Crippen LogP contribution in [0.4, 0.5) is 0 Å². The minimum atomic E-state index is -0.742. The molecule has 0 aliphatic carbocycles. The molecule has 0 amide bonds. The van der Waals surface area contributed by atoms with Gasteiger partial charge in [0.2, 0.25) is 0 Å². The lowest BCUT2D eigenvalue weighted by Crippen LogP contribution is -2.58. The number of aliphatic hydroxyl groups is 1. The largest absolute Gasteiger partial charge is 0.389 e. The SMILES string of the molecule is CN1CCOC(CNC(C)(C)C(C)(C)O)C1. The number of morpholine rings is 1. The smallest absolute Gasteiger partial charge is 0.0826 e. The summed E-state index contributed by atoms with van der Waals surface area (Å²) in [4.78, 5) is 2.27. The van der Waals surface area contributed by atoms with Crippen LogP contribution in [0.25, 0.3) is 0 Å². The zero-order valence-electron chi connectivity index (χ0n) is 11.2. The highest BCUT2D eigenvalue weighted by Crippen LogP contribution is 2.20. The van der Waals surface area contributed by atoms with Gasteiger partial charge in [-0.1, -0.05) is 0 Å². The van der Waals surface area contributed by atoms with Crippen LogP contribution in [0.5, 0.6) is 0 Å². The molecule has 1 atom stereocenters. The average Bonchev–Trinajstić information content (AvgIpc) is 2.13. The molecule has 1 heterocycles. The lowest BCUT2D eigenvalue weighted by molar-refractivity contribution is -0.0401. The number of rotatable bonds is 4. The molecule has 4 nitrogen and oxygen atoms in total. The number of hydrogen-bond donors (Lipinski definition) is 2. The van der Waals surface area contributed by atoms with Gasteiger partial charge in [0.05, 0.1) is 18.3 Å². The molecule has 0 saturated carbocycles. The summed E-state index contributed by atoms with van der Waals surface area (Å²) in [6, 6.07) is 0. The molecule has 1 rings (SSSR count). The van der Waals surface area contributed by atoms with Crippen LogP contribution in [-0.4, -0.2) is 60.5 Å². The van der Waals surface area contributed by atoms with Crippen molar-refractivity contribution in [3.05, 3.63) is 0 Å². The molecule has 0 spiro atoms. The van der Waals surface area contributed by atoms with Crippen molar-refractivity contribution in [1.82, 2.24) is 10.2 Å². The molecule has 1 aliphatic rings. The van der Waals surface area contributed by atoms with Gasteiger partial charge >= 0.3 is 0 Å². The van der Waals surface area contributed by atoms with Crippen LogP contribution >= 0.6 is 0 Å². The summed E-state index contributed by atoms with van der Waals surface area (Å²) in [5.41, 5.74) is -1.06. The Morgan fingerprint density at radius 3 is 2.50 bits per heavy atom. The first-order valence-corrected chi connectivity index (χ1v) is 6.00. The zero-order chi connectivity index (χ0) is 12.4. The third-order valence-corrected chi connectivity index (χ3v) is 3.64. The van der Waals surface area contributed by atoms with Gasteiger partial charge < -0.3 is 20.1 Å². The van der Waals surface area contributed by atoms with Gasteiger partial charge in [0, 0.05) is 25.2 Å². The summed E-state index contributed by atoms with van der Waals surface area (Å²) in [5.74, 6) is 0. The molecule has 0 aromatic rings. The second kappa shape index (κ2) is 5.00. The van der Waals surface area contributed by atoms with Crippen LogP contribution in [0.3, 0.4) is 0 Å². The van der Waals surface area contributed by atoms with Crippen LogP contribution in [0.15, 0.2) is 0 Å². The molecule has 1 fully saturated rings. The minimum absolute atomic E-state index is 0.223. The zero-order valence-corrected chi connectivity index (χ0v) is 11.2. The molecule has 96 valence electrons. The number of nitrogens with zero attached hydrogens (tertiary/aromatic N) is 1. The quantitative estimate of drug-likeness (QED) is 0.736.